The van der Waals surface area contributed by atoms with Crippen LogP contribution in [0.15, 0.2) is 36.7 Å². The van der Waals surface area contributed by atoms with Crippen LogP contribution >= 0.6 is 0 Å². The molecule has 20 heavy (non-hydrogen) atoms. The smallest absolute Gasteiger partial charge is 0.258 e. The summed E-state index contributed by atoms with van der Waals surface area (Å²) in [6.45, 7) is 0. The highest BCUT2D eigenvalue weighted by atomic mass is 16.2. The van der Waals surface area contributed by atoms with Gasteiger partial charge in [0, 0.05) is 26.0 Å². The molecular formula is C14H16N4O2. The van der Waals surface area contributed by atoms with Crippen molar-refractivity contribution < 1.29 is 9.59 Å². The first-order valence-electron chi connectivity index (χ1n) is 6.15. The van der Waals surface area contributed by atoms with Gasteiger partial charge in [0.25, 0.3) is 5.91 Å². The SMILES string of the molecule is CN(C)C(=O)Cc1ccc(NC(=O)c2cn[nH]c2)cc1. The van der Waals surface area contributed by atoms with Crippen molar-refractivity contribution in [2.75, 3.05) is 19.4 Å². The van der Waals surface area contributed by atoms with Gasteiger partial charge < -0.3 is 10.2 Å². The molecule has 104 valence electrons. The van der Waals surface area contributed by atoms with E-state index < -0.39 is 0 Å². The summed E-state index contributed by atoms with van der Waals surface area (Å²) in [7, 11) is 3.45. The first-order chi connectivity index (χ1) is 9.56. The lowest BCUT2D eigenvalue weighted by atomic mass is 10.1. The van der Waals surface area contributed by atoms with Crippen LogP contribution < -0.4 is 5.32 Å². The highest BCUT2D eigenvalue weighted by Gasteiger charge is 2.08. The predicted octanol–water partition coefficient (Wildman–Crippen LogP) is 1.29. The molecular weight excluding hydrogens is 256 g/mol. The molecule has 1 aromatic carbocycles. The molecule has 1 aromatic heterocycles. The van der Waals surface area contributed by atoms with Crippen LogP contribution in [0.5, 0.6) is 0 Å². The van der Waals surface area contributed by atoms with Gasteiger partial charge in [-0.3, -0.25) is 14.7 Å². The van der Waals surface area contributed by atoms with Crippen LogP contribution in [0, 0.1) is 0 Å². The average Bonchev–Trinajstić information content (AvgIpc) is 2.95. The number of nitrogens with one attached hydrogen (secondary N) is 2. The number of carbonyl (C=O) groups is 2. The number of nitrogens with zero attached hydrogens (tertiary/aromatic N) is 2. The van der Waals surface area contributed by atoms with Gasteiger partial charge in [0.1, 0.15) is 0 Å². The van der Waals surface area contributed by atoms with E-state index in [-0.39, 0.29) is 11.8 Å². The molecule has 6 nitrogen and oxygen atoms in total. The van der Waals surface area contributed by atoms with Crippen molar-refractivity contribution >= 4 is 17.5 Å². The normalized spacial score (nSPS) is 10.1. The summed E-state index contributed by atoms with van der Waals surface area (Å²) in [5, 5.41) is 9.06. The monoisotopic (exact) mass is 272 g/mol. The molecule has 0 saturated heterocycles. The standard InChI is InChI=1S/C14H16N4O2/c1-18(2)13(19)7-10-3-5-12(6-4-10)17-14(20)11-8-15-16-9-11/h3-6,8-9H,7H2,1-2H3,(H,15,16)(H,17,20). The number of aromatic amines is 1. The summed E-state index contributed by atoms with van der Waals surface area (Å²) in [5.41, 5.74) is 2.05. The Morgan fingerprint density at radius 3 is 2.50 bits per heavy atom. The number of aromatic nitrogens is 2. The Balaban J connectivity index is 1.98. The van der Waals surface area contributed by atoms with Gasteiger partial charge in [-0.2, -0.15) is 5.10 Å². The minimum atomic E-state index is -0.226. The van der Waals surface area contributed by atoms with E-state index in [9.17, 15) is 9.59 Å². The van der Waals surface area contributed by atoms with Crippen LogP contribution in [0.3, 0.4) is 0 Å². The van der Waals surface area contributed by atoms with E-state index >= 15 is 0 Å². The predicted molar refractivity (Wildman–Crippen MR) is 75.4 cm³/mol. The molecule has 0 unspecified atom stereocenters. The summed E-state index contributed by atoms with van der Waals surface area (Å²) in [6, 6.07) is 7.20. The molecule has 2 N–H and O–H groups in total. The first-order valence-corrected chi connectivity index (χ1v) is 6.15. The fourth-order valence-corrected chi connectivity index (χ4v) is 1.62. The molecule has 0 aliphatic carbocycles. The number of hydrogen-bond acceptors (Lipinski definition) is 3. The molecule has 0 radical (unpaired) electrons. The van der Waals surface area contributed by atoms with Crippen molar-refractivity contribution in [3.05, 3.63) is 47.8 Å². The van der Waals surface area contributed by atoms with Crippen molar-refractivity contribution in [2.24, 2.45) is 0 Å². The zero-order valence-electron chi connectivity index (χ0n) is 11.4. The van der Waals surface area contributed by atoms with Crippen molar-refractivity contribution in [1.29, 1.82) is 0 Å². The molecule has 1 heterocycles. The molecule has 0 spiro atoms. The third-order valence-electron chi connectivity index (χ3n) is 2.83. The Bertz CT molecular complexity index is 588. The lowest BCUT2D eigenvalue weighted by molar-refractivity contribution is -0.127. The lowest BCUT2D eigenvalue weighted by Gasteiger charge is -2.10. The fraction of sp³-hybridized carbons (Fsp3) is 0.214. The van der Waals surface area contributed by atoms with Crippen molar-refractivity contribution in [2.45, 2.75) is 6.42 Å². The molecule has 2 amide bonds. The van der Waals surface area contributed by atoms with Gasteiger partial charge in [-0.15, -0.1) is 0 Å². The van der Waals surface area contributed by atoms with Crippen LogP contribution in [0.1, 0.15) is 15.9 Å². The Morgan fingerprint density at radius 2 is 1.95 bits per heavy atom. The number of hydrogen-bond donors (Lipinski definition) is 2. The molecule has 0 saturated carbocycles. The van der Waals surface area contributed by atoms with E-state index in [1.54, 1.807) is 31.1 Å². The molecule has 0 aliphatic heterocycles. The molecule has 6 heteroatoms. The Morgan fingerprint density at radius 1 is 1.25 bits per heavy atom. The lowest BCUT2D eigenvalue weighted by Crippen LogP contribution is -2.23. The second-order valence-corrected chi connectivity index (χ2v) is 4.60. The summed E-state index contributed by atoms with van der Waals surface area (Å²) >= 11 is 0. The summed E-state index contributed by atoms with van der Waals surface area (Å²) < 4.78 is 0. The van der Waals surface area contributed by atoms with Crippen LogP contribution in [0.4, 0.5) is 5.69 Å². The largest absolute Gasteiger partial charge is 0.349 e. The number of H-pyrrole nitrogens is 1. The third kappa shape index (κ3) is 3.44. The number of amides is 2. The number of likely N-dealkylation sites (N-methyl/N-ethyl adjacent to an activating group) is 1. The first kappa shape index (κ1) is 13.8. The van der Waals surface area contributed by atoms with Crippen molar-refractivity contribution in [3.63, 3.8) is 0 Å². The maximum absolute atomic E-state index is 11.8. The zero-order valence-corrected chi connectivity index (χ0v) is 11.4. The number of anilines is 1. The number of carbonyl (C=O) groups excluding carboxylic acids is 2. The van der Waals surface area contributed by atoms with Crippen molar-refractivity contribution in [3.8, 4) is 0 Å². The molecule has 0 bridgehead atoms. The highest BCUT2D eigenvalue weighted by molar-refractivity contribution is 6.03. The Kier molecular flexibility index (Phi) is 4.14. The Labute approximate surface area is 116 Å². The van der Waals surface area contributed by atoms with Crippen LogP contribution in [0.2, 0.25) is 0 Å². The minimum Gasteiger partial charge on any atom is -0.349 e. The summed E-state index contributed by atoms with van der Waals surface area (Å²) in [6.07, 6.45) is 3.34. The fourth-order valence-electron chi connectivity index (χ4n) is 1.62. The van der Waals surface area contributed by atoms with Gasteiger partial charge in [0.15, 0.2) is 0 Å². The van der Waals surface area contributed by atoms with E-state index in [1.165, 1.54) is 12.4 Å². The molecule has 0 fully saturated rings. The molecule has 0 aliphatic rings. The minimum absolute atomic E-state index is 0.0418. The van der Waals surface area contributed by atoms with Gasteiger partial charge in [-0.1, -0.05) is 12.1 Å². The Hall–Kier alpha value is -2.63. The van der Waals surface area contributed by atoms with Gasteiger partial charge in [-0.25, -0.2) is 0 Å². The maximum Gasteiger partial charge on any atom is 0.258 e. The van der Waals surface area contributed by atoms with E-state index in [4.69, 9.17) is 0 Å². The van der Waals surface area contributed by atoms with Gasteiger partial charge >= 0.3 is 0 Å². The number of rotatable bonds is 4. The maximum atomic E-state index is 11.8. The van der Waals surface area contributed by atoms with Gasteiger partial charge in [0.05, 0.1) is 18.2 Å². The summed E-state index contributed by atoms with van der Waals surface area (Å²) in [4.78, 5) is 24.9. The average molecular weight is 272 g/mol. The zero-order chi connectivity index (χ0) is 14.5. The highest BCUT2D eigenvalue weighted by Crippen LogP contribution is 2.12. The van der Waals surface area contributed by atoms with Crippen LogP contribution in [-0.2, 0) is 11.2 Å². The number of benzene rings is 1. The van der Waals surface area contributed by atoms with E-state index in [0.717, 1.165) is 5.56 Å². The second kappa shape index (κ2) is 6.01. The van der Waals surface area contributed by atoms with Crippen LogP contribution in [-0.4, -0.2) is 41.0 Å². The van der Waals surface area contributed by atoms with Crippen LogP contribution in [0.25, 0.3) is 0 Å². The van der Waals surface area contributed by atoms with E-state index in [1.807, 2.05) is 12.1 Å². The van der Waals surface area contributed by atoms with Crippen molar-refractivity contribution in [1.82, 2.24) is 15.1 Å². The van der Waals surface area contributed by atoms with Gasteiger partial charge in [0.2, 0.25) is 5.91 Å². The quantitative estimate of drug-likeness (QED) is 0.880. The summed E-state index contributed by atoms with van der Waals surface area (Å²) in [5.74, 6) is -0.184. The molecule has 2 aromatic rings. The van der Waals surface area contributed by atoms with E-state index in [0.29, 0.717) is 17.7 Å². The molecule has 0 atom stereocenters. The topological polar surface area (TPSA) is 78.1 Å². The van der Waals surface area contributed by atoms with Gasteiger partial charge in [-0.05, 0) is 17.7 Å². The third-order valence-corrected chi connectivity index (χ3v) is 2.83. The molecule has 2 rings (SSSR count). The van der Waals surface area contributed by atoms with E-state index in [2.05, 4.69) is 15.5 Å². The second-order valence-electron chi connectivity index (χ2n) is 4.60.